The molecule has 0 unspecified atom stereocenters. The topological polar surface area (TPSA) is 141 Å². The number of nitrogens with one attached hydrogen (secondary N) is 3. The SMILES string of the molecule is COc1cc(-c2cc(-c3ccc(Cl)cc3)nc(Nc3nc(NC(=S)Nc4cccc(Cl)c4)nc(N4CCOCC4)n3)n2)cc(OC)c1OC. The van der Waals surface area contributed by atoms with Crippen LogP contribution in [0, 0.1) is 0 Å². The van der Waals surface area contributed by atoms with E-state index in [-0.39, 0.29) is 23.0 Å². The molecule has 0 bridgehead atoms. The number of aromatic nitrogens is 5. The van der Waals surface area contributed by atoms with E-state index in [0.29, 0.717) is 82.2 Å². The molecule has 1 saturated heterocycles. The van der Waals surface area contributed by atoms with Gasteiger partial charge in [0.05, 0.1) is 45.9 Å². The second kappa shape index (κ2) is 15.5. The minimum Gasteiger partial charge on any atom is -0.493 e. The van der Waals surface area contributed by atoms with Crippen LogP contribution >= 0.6 is 35.4 Å². The molecule has 3 N–H and O–H groups in total. The van der Waals surface area contributed by atoms with Crippen molar-refractivity contribution in [1.82, 2.24) is 24.9 Å². The average molecular weight is 721 g/mol. The smallest absolute Gasteiger partial charge is 0.236 e. The van der Waals surface area contributed by atoms with Gasteiger partial charge >= 0.3 is 0 Å². The van der Waals surface area contributed by atoms with E-state index in [1.807, 2.05) is 47.4 Å². The number of rotatable bonds is 10. The summed E-state index contributed by atoms with van der Waals surface area (Å²) in [4.78, 5) is 25.6. The van der Waals surface area contributed by atoms with Crippen LogP contribution in [0.1, 0.15) is 0 Å². The Labute approximate surface area is 298 Å². The predicted molar refractivity (Wildman–Crippen MR) is 195 cm³/mol. The average Bonchev–Trinajstić information content (AvgIpc) is 3.11. The zero-order valence-corrected chi connectivity index (χ0v) is 29.0. The van der Waals surface area contributed by atoms with E-state index >= 15 is 0 Å². The number of methoxy groups -OCH3 is 3. The largest absolute Gasteiger partial charge is 0.493 e. The molecule has 13 nitrogen and oxygen atoms in total. The quantitative estimate of drug-likeness (QED) is 0.132. The maximum Gasteiger partial charge on any atom is 0.236 e. The van der Waals surface area contributed by atoms with Crippen molar-refractivity contribution in [2.75, 3.05) is 68.5 Å². The van der Waals surface area contributed by atoms with E-state index in [1.54, 1.807) is 45.6 Å². The maximum absolute atomic E-state index is 6.20. The van der Waals surface area contributed by atoms with Gasteiger partial charge in [0, 0.05) is 39.9 Å². The highest BCUT2D eigenvalue weighted by atomic mass is 35.5. The molecule has 0 atom stereocenters. The summed E-state index contributed by atoms with van der Waals surface area (Å²) in [7, 11) is 4.66. The predicted octanol–water partition coefficient (Wildman–Crippen LogP) is 6.72. The van der Waals surface area contributed by atoms with Crippen molar-refractivity contribution in [2.24, 2.45) is 0 Å². The Kier molecular flexibility index (Phi) is 10.7. The van der Waals surface area contributed by atoms with Crippen molar-refractivity contribution in [3.05, 3.63) is 76.8 Å². The Morgan fingerprint density at radius 2 is 1.37 bits per heavy atom. The van der Waals surface area contributed by atoms with Crippen LogP contribution in [0.5, 0.6) is 17.2 Å². The minimum absolute atomic E-state index is 0.189. The van der Waals surface area contributed by atoms with E-state index in [4.69, 9.17) is 69.3 Å². The van der Waals surface area contributed by atoms with Gasteiger partial charge in [0.1, 0.15) is 0 Å². The van der Waals surface area contributed by atoms with Crippen LogP contribution in [0.2, 0.25) is 10.0 Å². The third kappa shape index (κ3) is 8.35. The zero-order valence-electron chi connectivity index (χ0n) is 26.7. The minimum atomic E-state index is 0.189. The van der Waals surface area contributed by atoms with Crippen LogP contribution in [0.25, 0.3) is 22.5 Å². The molecule has 1 fully saturated rings. The fraction of sp³-hybridized carbons (Fsp3) is 0.212. The molecule has 16 heteroatoms. The van der Waals surface area contributed by atoms with E-state index in [9.17, 15) is 0 Å². The van der Waals surface area contributed by atoms with Gasteiger partial charge < -0.3 is 34.5 Å². The molecule has 3 aromatic carbocycles. The lowest BCUT2D eigenvalue weighted by Gasteiger charge is -2.27. The Hall–Kier alpha value is -5.02. The summed E-state index contributed by atoms with van der Waals surface area (Å²) < 4.78 is 22.3. The molecule has 3 heterocycles. The van der Waals surface area contributed by atoms with Crippen LogP contribution in [0.15, 0.2) is 66.7 Å². The Morgan fingerprint density at radius 3 is 2.02 bits per heavy atom. The molecule has 5 aromatic rings. The second-order valence-electron chi connectivity index (χ2n) is 10.5. The van der Waals surface area contributed by atoms with Crippen LogP contribution in [0.4, 0.5) is 29.5 Å². The third-order valence-electron chi connectivity index (χ3n) is 7.28. The van der Waals surface area contributed by atoms with Gasteiger partial charge in [-0.3, -0.25) is 5.32 Å². The van der Waals surface area contributed by atoms with Gasteiger partial charge in [-0.25, -0.2) is 9.97 Å². The number of benzene rings is 3. The number of morpholine rings is 1. The lowest BCUT2D eigenvalue weighted by atomic mass is 10.1. The molecule has 6 rings (SSSR count). The van der Waals surface area contributed by atoms with Crippen molar-refractivity contribution in [3.63, 3.8) is 0 Å². The number of hydrogen-bond acceptors (Lipinski definition) is 12. The number of ether oxygens (including phenoxy) is 4. The number of nitrogens with zero attached hydrogens (tertiary/aromatic N) is 6. The molecule has 0 saturated carbocycles. The highest BCUT2D eigenvalue weighted by molar-refractivity contribution is 7.80. The van der Waals surface area contributed by atoms with E-state index in [0.717, 1.165) is 5.56 Å². The molecule has 1 aliphatic heterocycles. The first-order valence-corrected chi connectivity index (χ1v) is 16.1. The summed E-state index contributed by atoms with van der Waals surface area (Å²) >= 11 is 17.9. The zero-order chi connectivity index (χ0) is 34.3. The summed E-state index contributed by atoms with van der Waals surface area (Å²) in [6.45, 7) is 2.27. The van der Waals surface area contributed by atoms with Crippen LogP contribution in [0.3, 0.4) is 0 Å². The Bertz CT molecular complexity index is 1940. The van der Waals surface area contributed by atoms with E-state index in [1.165, 1.54) is 0 Å². The maximum atomic E-state index is 6.20. The normalized spacial score (nSPS) is 12.6. The lowest BCUT2D eigenvalue weighted by Crippen LogP contribution is -2.37. The van der Waals surface area contributed by atoms with Gasteiger partial charge in [-0.1, -0.05) is 41.4 Å². The van der Waals surface area contributed by atoms with Crippen molar-refractivity contribution < 1.29 is 18.9 Å². The third-order valence-corrected chi connectivity index (χ3v) is 7.97. The van der Waals surface area contributed by atoms with Crippen molar-refractivity contribution in [2.45, 2.75) is 0 Å². The number of halogens is 2. The van der Waals surface area contributed by atoms with Crippen molar-refractivity contribution >= 4 is 70.0 Å². The molecule has 0 radical (unpaired) electrons. The van der Waals surface area contributed by atoms with Crippen LogP contribution < -0.4 is 35.1 Å². The molecule has 252 valence electrons. The standard InChI is InChI=1S/C33H31Cl2N9O4S/c1-45-26-15-20(16-27(46-2)28(26)47-3)25-18-24(19-7-9-21(34)10-8-19)37-29(38-25)39-30-40-31(42-32(41-30)44-11-13-48-14-12-44)43-33(49)36-23-6-4-5-22(35)17-23/h4-10,15-18H,11-14H2,1-3H3,(H3,36,37,38,39,40,41,42,43,49). The summed E-state index contributed by atoms with van der Waals surface area (Å²) in [5, 5.41) is 10.8. The fourth-order valence-corrected chi connectivity index (χ4v) is 5.49. The summed E-state index contributed by atoms with van der Waals surface area (Å²) in [6.07, 6.45) is 0. The van der Waals surface area contributed by atoms with Gasteiger partial charge in [0.15, 0.2) is 16.6 Å². The first-order chi connectivity index (χ1) is 23.8. The summed E-state index contributed by atoms with van der Waals surface area (Å²) in [5.74, 6) is 2.45. The monoisotopic (exact) mass is 719 g/mol. The molecule has 2 aromatic heterocycles. The van der Waals surface area contributed by atoms with Gasteiger partial charge in [-0.2, -0.15) is 15.0 Å². The molecule has 49 heavy (non-hydrogen) atoms. The highest BCUT2D eigenvalue weighted by Gasteiger charge is 2.20. The Morgan fingerprint density at radius 1 is 0.714 bits per heavy atom. The van der Waals surface area contributed by atoms with Gasteiger partial charge in [-0.05, 0) is 60.7 Å². The first-order valence-electron chi connectivity index (χ1n) is 15.0. The number of thiocarbonyl (C=S) groups is 1. The molecule has 1 aliphatic rings. The van der Waals surface area contributed by atoms with E-state index < -0.39 is 0 Å². The van der Waals surface area contributed by atoms with Crippen molar-refractivity contribution in [1.29, 1.82) is 0 Å². The molecule has 0 amide bonds. The molecule has 0 spiro atoms. The lowest BCUT2D eigenvalue weighted by molar-refractivity contribution is 0.122. The van der Waals surface area contributed by atoms with Gasteiger partial charge in [0.2, 0.25) is 29.5 Å². The van der Waals surface area contributed by atoms with Crippen molar-refractivity contribution in [3.8, 4) is 39.8 Å². The first kappa shape index (κ1) is 33.9. The van der Waals surface area contributed by atoms with E-state index in [2.05, 4.69) is 25.9 Å². The molecule has 0 aliphatic carbocycles. The van der Waals surface area contributed by atoms with Crippen LogP contribution in [-0.2, 0) is 4.74 Å². The highest BCUT2D eigenvalue weighted by Crippen LogP contribution is 2.41. The fourth-order valence-electron chi connectivity index (χ4n) is 4.96. The second-order valence-corrected chi connectivity index (χ2v) is 11.8. The summed E-state index contributed by atoms with van der Waals surface area (Å²) in [6, 6.07) is 20.0. The van der Waals surface area contributed by atoms with Gasteiger partial charge in [-0.15, -0.1) is 0 Å². The van der Waals surface area contributed by atoms with Crippen LogP contribution in [-0.4, -0.2) is 77.7 Å². The molecular weight excluding hydrogens is 689 g/mol. The number of anilines is 5. The number of hydrogen-bond donors (Lipinski definition) is 3. The summed E-state index contributed by atoms with van der Waals surface area (Å²) in [5.41, 5.74) is 3.39. The Balaban J connectivity index is 1.39. The van der Waals surface area contributed by atoms with Gasteiger partial charge in [0.25, 0.3) is 0 Å². The molecular formula is C33H31Cl2N9O4S.